The van der Waals surface area contributed by atoms with Crippen molar-refractivity contribution < 1.29 is 17.6 Å². The van der Waals surface area contributed by atoms with Gasteiger partial charge in [0, 0.05) is 18.7 Å². The van der Waals surface area contributed by atoms with Crippen molar-refractivity contribution >= 4 is 5.69 Å². The summed E-state index contributed by atoms with van der Waals surface area (Å²) >= 11 is 0. The van der Waals surface area contributed by atoms with Gasteiger partial charge in [0.05, 0.1) is 23.5 Å². The topological polar surface area (TPSA) is 49.0 Å². The van der Waals surface area contributed by atoms with Crippen LogP contribution in [0, 0.1) is 11.3 Å². The third-order valence-corrected chi connectivity index (χ3v) is 2.73. The molecular formula is C14H11F3N2O. The normalized spacial score (nSPS) is 11.1. The smallest absolute Gasteiger partial charge is 0.417 e. The maximum Gasteiger partial charge on any atom is 0.417 e. The number of rotatable bonds is 4. The molecular weight excluding hydrogens is 269 g/mol. The van der Waals surface area contributed by atoms with Crippen LogP contribution < -0.4 is 5.32 Å². The summed E-state index contributed by atoms with van der Waals surface area (Å²) in [5, 5.41) is 11.7. The van der Waals surface area contributed by atoms with Crippen LogP contribution in [-0.2, 0) is 12.6 Å². The molecule has 0 aliphatic heterocycles. The van der Waals surface area contributed by atoms with Crippen molar-refractivity contribution in [1.29, 1.82) is 5.26 Å². The first-order valence-corrected chi connectivity index (χ1v) is 5.88. The number of halogens is 3. The van der Waals surface area contributed by atoms with Crippen LogP contribution >= 0.6 is 0 Å². The van der Waals surface area contributed by atoms with E-state index in [0.29, 0.717) is 18.7 Å². The van der Waals surface area contributed by atoms with Crippen LogP contribution in [-0.4, -0.2) is 6.54 Å². The molecule has 2 aromatic rings. The van der Waals surface area contributed by atoms with Gasteiger partial charge in [-0.15, -0.1) is 0 Å². The Morgan fingerprint density at radius 1 is 1.25 bits per heavy atom. The van der Waals surface area contributed by atoms with Crippen molar-refractivity contribution in [2.75, 3.05) is 11.9 Å². The van der Waals surface area contributed by atoms with E-state index in [1.165, 1.54) is 12.1 Å². The van der Waals surface area contributed by atoms with Gasteiger partial charge < -0.3 is 9.73 Å². The second-order valence-electron chi connectivity index (χ2n) is 4.13. The predicted molar refractivity (Wildman–Crippen MR) is 67.1 cm³/mol. The fourth-order valence-corrected chi connectivity index (χ4v) is 1.78. The van der Waals surface area contributed by atoms with E-state index in [0.717, 1.165) is 11.8 Å². The monoisotopic (exact) mass is 280 g/mol. The highest BCUT2D eigenvalue weighted by Crippen LogP contribution is 2.32. The van der Waals surface area contributed by atoms with Crippen molar-refractivity contribution in [1.82, 2.24) is 0 Å². The molecule has 104 valence electrons. The van der Waals surface area contributed by atoms with Gasteiger partial charge >= 0.3 is 6.18 Å². The highest BCUT2D eigenvalue weighted by atomic mass is 19.4. The zero-order chi connectivity index (χ0) is 14.6. The number of nitrogens with one attached hydrogen (secondary N) is 1. The number of anilines is 1. The molecule has 0 radical (unpaired) electrons. The number of alkyl halides is 3. The lowest BCUT2D eigenvalue weighted by atomic mass is 10.1. The summed E-state index contributed by atoms with van der Waals surface area (Å²) in [5.41, 5.74) is -0.835. The molecule has 0 saturated carbocycles. The first kappa shape index (κ1) is 14.0. The summed E-state index contributed by atoms with van der Waals surface area (Å²) in [6.07, 6.45) is -2.35. The lowest BCUT2D eigenvalue weighted by Gasteiger charge is -2.11. The zero-order valence-corrected chi connectivity index (χ0v) is 10.4. The fourth-order valence-electron chi connectivity index (χ4n) is 1.78. The van der Waals surface area contributed by atoms with Gasteiger partial charge in [-0.3, -0.25) is 0 Å². The van der Waals surface area contributed by atoms with Crippen LogP contribution in [0.3, 0.4) is 0 Å². The minimum atomic E-state index is -4.52. The third kappa shape index (κ3) is 3.32. The Hall–Kier alpha value is -2.42. The Morgan fingerprint density at radius 3 is 2.65 bits per heavy atom. The van der Waals surface area contributed by atoms with E-state index in [2.05, 4.69) is 5.32 Å². The number of nitrogens with zero attached hydrogens (tertiary/aromatic N) is 1. The van der Waals surface area contributed by atoms with E-state index in [1.54, 1.807) is 18.4 Å². The Bertz CT molecular complexity index is 612. The molecule has 0 unspecified atom stereocenters. The van der Waals surface area contributed by atoms with Crippen molar-refractivity contribution in [2.24, 2.45) is 0 Å². The SMILES string of the molecule is N#Cc1cc(NCCc2ccco2)ccc1C(F)(F)F. The maximum absolute atomic E-state index is 12.6. The molecule has 0 bridgehead atoms. The van der Waals surface area contributed by atoms with Gasteiger partial charge in [0.15, 0.2) is 0 Å². The molecule has 0 fully saturated rings. The highest BCUT2D eigenvalue weighted by Gasteiger charge is 2.33. The fraction of sp³-hybridized carbons (Fsp3) is 0.214. The van der Waals surface area contributed by atoms with Gasteiger partial charge in [-0.2, -0.15) is 18.4 Å². The molecule has 20 heavy (non-hydrogen) atoms. The number of hydrogen-bond donors (Lipinski definition) is 1. The lowest BCUT2D eigenvalue weighted by molar-refractivity contribution is -0.137. The van der Waals surface area contributed by atoms with Crippen LogP contribution in [0.2, 0.25) is 0 Å². The van der Waals surface area contributed by atoms with Crippen LogP contribution in [0.25, 0.3) is 0 Å². The lowest BCUT2D eigenvalue weighted by Crippen LogP contribution is -2.09. The van der Waals surface area contributed by atoms with Crippen LogP contribution in [0.15, 0.2) is 41.0 Å². The van der Waals surface area contributed by atoms with E-state index in [-0.39, 0.29) is 5.56 Å². The molecule has 0 atom stereocenters. The molecule has 6 heteroatoms. The second-order valence-corrected chi connectivity index (χ2v) is 4.13. The molecule has 0 aliphatic rings. The summed E-state index contributed by atoms with van der Waals surface area (Å²) in [6, 6.07) is 8.57. The van der Waals surface area contributed by atoms with Gasteiger partial charge in [0.1, 0.15) is 5.76 Å². The predicted octanol–water partition coefficient (Wildman–Crippen LogP) is 3.82. The average molecular weight is 280 g/mol. The van der Waals surface area contributed by atoms with Crippen LogP contribution in [0.4, 0.5) is 18.9 Å². The Balaban J connectivity index is 2.05. The molecule has 1 heterocycles. The van der Waals surface area contributed by atoms with Crippen LogP contribution in [0.5, 0.6) is 0 Å². The molecule has 0 spiro atoms. The molecule has 0 aliphatic carbocycles. The Morgan fingerprint density at radius 2 is 2.05 bits per heavy atom. The largest absolute Gasteiger partial charge is 0.469 e. The molecule has 1 N–H and O–H groups in total. The molecule has 3 nitrogen and oxygen atoms in total. The van der Waals surface area contributed by atoms with E-state index < -0.39 is 11.7 Å². The third-order valence-electron chi connectivity index (χ3n) is 2.73. The quantitative estimate of drug-likeness (QED) is 0.926. The molecule has 2 rings (SSSR count). The number of hydrogen-bond acceptors (Lipinski definition) is 3. The molecule has 1 aromatic heterocycles. The van der Waals surface area contributed by atoms with Gasteiger partial charge in [0.2, 0.25) is 0 Å². The van der Waals surface area contributed by atoms with E-state index in [1.807, 2.05) is 6.07 Å². The zero-order valence-electron chi connectivity index (χ0n) is 10.4. The van der Waals surface area contributed by atoms with E-state index in [4.69, 9.17) is 9.68 Å². The minimum absolute atomic E-state index is 0.388. The maximum atomic E-state index is 12.6. The van der Waals surface area contributed by atoms with E-state index >= 15 is 0 Å². The summed E-state index contributed by atoms with van der Waals surface area (Å²) < 4.78 is 43.0. The average Bonchev–Trinajstić information content (AvgIpc) is 2.90. The van der Waals surface area contributed by atoms with Gasteiger partial charge in [-0.25, -0.2) is 0 Å². The molecule has 0 saturated heterocycles. The second kappa shape index (κ2) is 5.70. The van der Waals surface area contributed by atoms with Crippen molar-refractivity contribution in [3.05, 3.63) is 53.5 Å². The van der Waals surface area contributed by atoms with Gasteiger partial charge in [0.25, 0.3) is 0 Å². The number of benzene rings is 1. The molecule has 1 aromatic carbocycles. The van der Waals surface area contributed by atoms with Gasteiger partial charge in [-0.05, 0) is 30.3 Å². The first-order chi connectivity index (χ1) is 9.50. The van der Waals surface area contributed by atoms with Crippen molar-refractivity contribution in [3.8, 4) is 6.07 Å². The number of nitriles is 1. The van der Waals surface area contributed by atoms with E-state index in [9.17, 15) is 13.2 Å². The number of furan rings is 1. The van der Waals surface area contributed by atoms with Crippen molar-refractivity contribution in [2.45, 2.75) is 12.6 Å². The summed E-state index contributed by atoms with van der Waals surface area (Å²) in [4.78, 5) is 0. The molecule has 0 amide bonds. The minimum Gasteiger partial charge on any atom is -0.469 e. The van der Waals surface area contributed by atoms with Gasteiger partial charge in [-0.1, -0.05) is 0 Å². The Labute approximate surface area is 113 Å². The van der Waals surface area contributed by atoms with Crippen LogP contribution in [0.1, 0.15) is 16.9 Å². The summed E-state index contributed by atoms with van der Waals surface area (Å²) in [6.45, 7) is 0.504. The summed E-state index contributed by atoms with van der Waals surface area (Å²) in [7, 11) is 0. The highest BCUT2D eigenvalue weighted by molar-refractivity contribution is 5.53. The standard InChI is InChI=1S/C14H11F3N2O/c15-14(16,17)13-4-3-11(8-10(13)9-18)19-6-5-12-2-1-7-20-12/h1-4,7-8,19H,5-6H2. The first-order valence-electron chi connectivity index (χ1n) is 5.88. The summed E-state index contributed by atoms with van der Waals surface area (Å²) in [5.74, 6) is 0.782. The Kier molecular flexibility index (Phi) is 3.99. The van der Waals surface area contributed by atoms with Crippen molar-refractivity contribution in [3.63, 3.8) is 0 Å².